The van der Waals surface area contributed by atoms with Crippen molar-refractivity contribution in [2.75, 3.05) is 0 Å². The average molecular weight is 319 g/mol. The first kappa shape index (κ1) is 20.9. The van der Waals surface area contributed by atoms with E-state index in [1.54, 1.807) is 12.3 Å². The second-order valence-corrected chi connectivity index (χ2v) is 4.62. The molecule has 0 aliphatic heterocycles. The number of carbonyl (C=O) groups is 1. The van der Waals surface area contributed by atoms with Gasteiger partial charge in [0.25, 0.3) is 5.91 Å². The van der Waals surface area contributed by atoms with Crippen LogP contribution in [-0.2, 0) is 0 Å². The van der Waals surface area contributed by atoms with E-state index in [0.29, 0.717) is 5.69 Å². The lowest BCUT2D eigenvalue weighted by Gasteiger charge is -2.15. The first-order valence-corrected chi connectivity index (χ1v) is 8.41. The number of benzene rings is 1. The summed E-state index contributed by atoms with van der Waals surface area (Å²) in [6.45, 7) is 8.00. The molecule has 0 spiro atoms. The van der Waals surface area contributed by atoms with Crippen LogP contribution in [0.1, 0.15) is 57.4 Å². The standard InChI is InChI=1S/C10H9N3O.C4H9N.2C2H6/c11-10(14)9-6-7-12-13(9)8-4-2-1-3-5-8;5-4-2-1-3-4;2*1-2/h1-7H,(H2,11,14);4H,1-3,5H2;2*1-2H3/p+1. The lowest BCUT2D eigenvalue weighted by molar-refractivity contribution is -0.437. The minimum Gasteiger partial charge on any atom is -0.364 e. The number of hydrogen-bond acceptors (Lipinski definition) is 2. The van der Waals surface area contributed by atoms with Gasteiger partial charge in [0.1, 0.15) is 5.69 Å². The molecule has 5 nitrogen and oxygen atoms in total. The molecular formula is C18H31N4O+. The fourth-order valence-electron chi connectivity index (χ4n) is 1.76. The van der Waals surface area contributed by atoms with Gasteiger partial charge in [-0.1, -0.05) is 45.9 Å². The fourth-order valence-corrected chi connectivity index (χ4v) is 1.76. The largest absolute Gasteiger partial charge is 0.364 e. The van der Waals surface area contributed by atoms with Crippen molar-refractivity contribution in [1.29, 1.82) is 0 Å². The van der Waals surface area contributed by atoms with Crippen LogP contribution in [0.15, 0.2) is 42.6 Å². The monoisotopic (exact) mass is 319 g/mol. The second-order valence-electron chi connectivity index (χ2n) is 4.62. The van der Waals surface area contributed by atoms with Crippen molar-refractivity contribution in [2.45, 2.75) is 53.0 Å². The Morgan fingerprint density at radius 2 is 1.65 bits per heavy atom. The lowest BCUT2D eigenvalue weighted by atomic mass is 9.95. The summed E-state index contributed by atoms with van der Waals surface area (Å²) in [5, 5.41) is 4.02. The quantitative estimate of drug-likeness (QED) is 0.891. The number of quaternary nitrogens is 1. The zero-order valence-corrected chi connectivity index (χ0v) is 14.8. The van der Waals surface area contributed by atoms with Crippen molar-refractivity contribution in [2.24, 2.45) is 5.73 Å². The van der Waals surface area contributed by atoms with Gasteiger partial charge < -0.3 is 11.5 Å². The number of primary amides is 1. The minimum atomic E-state index is -0.480. The van der Waals surface area contributed by atoms with Crippen molar-refractivity contribution in [3.05, 3.63) is 48.3 Å². The summed E-state index contributed by atoms with van der Waals surface area (Å²) >= 11 is 0. The maximum Gasteiger partial charge on any atom is 0.267 e. The van der Waals surface area contributed by atoms with Crippen LogP contribution >= 0.6 is 0 Å². The summed E-state index contributed by atoms with van der Waals surface area (Å²) in [6, 6.07) is 11.8. The molecule has 1 fully saturated rings. The van der Waals surface area contributed by atoms with E-state index in [9.17, 15) is 4.79 Å². The first-order valence-electron chi connectivity index (χ1n) is 8.41. The molecule has 1 heterocycles. The molecule has 1 aromatic carbocycles. The SMILES string of the molecule is CC.CC.NC(=O)c1ccnn1-c1ccccc1.[NH3+]C1CCC1. The molecule has 3 rings (SSSR count). The zero-order valence-electron chi connectivity index (χ0n) is 14.8. The molecule has 128 valence electrons. The van der Waals surface area contributed by atoms with Crippen molar-refractivity contribution in [3.8, 4) is 5.69 Å². The molecule has 2 aromatic rings. The number of carbonyl (C=O) groups excluding carboxylic acids is 1. The van der Waals surface area contributed by atoms with Crippen LogP contribution in [0, 0.1) is 0 Å². The maximum absolute atomic E-state index is 11.0. The minimum absolute atomic E-state index is 0.385. The Labute approximate surface area is 139 Å². The van der Waals surface area contributed by atoms with E-state index < -0.39 is 5.91 Å². The summed E-state index contributed by atoms with van der Waals surface area (Å²) in [5.41, 5.74) is 10.3. The third-order valence-corrected chi connectivity index (χ3v) is 3.12. The van der Waals surface area contributed by atoms with Crippen LogP contribution in [0.25, 0.3) is 5.69 Å². The van der Waals surface area contributed by atoms with Crippen LogP contribution in [0.3, 0.4) is 0 Å². The third-order valence-electron chi connectivity index (χ3n) is 3.12. The molecule has 0 atom stereocenters. The number of nitrogens with zero attached hydrogens (tertiary/aromatic N) is 2. The zero-order chi connectivity index (χ0) is 17.7. The topological polar surface area (TPSA) is 88.6 Å². The third kappa shape index (κ3) is 7.10. The Balaban J connectivity index is 0.000000449. The predicted octanol–water partition coefficient (Wildman–Crippen LogP) is 2.80. The van der Waals surface area contributed by atoms with Crippen LogP contribution in [0.4, 0.5) is 0 Å². The number of amides is 1. The van der Waals surface area contributed by atoms with Gasteiger partial charge in [0.15, 0.2) is 0 Å². The highest BCUT2D eigenvalue weighted by Crippen LogP contribution is 2.12. The van der Waals surface area contributed by atoms with Gasteiger partial charge in [-0.05, 0) is 37.5 Å². The van der Waals surface area contributed by atoms with Gasteiger partial charge in [-0.15, -0.1) is 0 Å². The lowest BCUT2D eigenvalue weighted by Crippen LogP contribution is -2.63. The van der Waals surface area contributed by atoms with E-state index in [4.69, 9.17) is 5.73 Å². The van der Waals surface area contributed by atoms with Gasteiger partial charge in [-0.2, -0.15) is 5.10 Å². The smallest absolute Gasteiger partial charge is 0.267 e. The van der Waals surface area contributed by atoms with Crippen LogP contribution < -0.4 is 11.5 Å². The molecule has 1 amide bonds. The fraction of sp³-hybridized carbons (Fsp3) is 0.444. The molecule has 1 aliphatic carbocycles. The van der Waals surface area contributed by atoms with Crippen LogP contribution in [0.2, 0.25) is 0 Å². The summed E-state index contributed by atoms with van der Waals surface area (Å²) in [7, 11) is 0. The van der Waals surface area contributed by atoms with Gasteiger partial charge >= 0.3 is 0 Å². The van der Waals surface area contributed by atoms with Crippen molar-refractivity contribution in [3.63, 3.8) is 0 Å². The molecular weight excluding hydrogens is 288 g/mol. The molecule has 5 N–H and O–H groups in total. The van der Waals surface area contributed by atoms with E-state index in [2.05, 4.69) is 10.8 Å². The van der Waals surface area contributed by atoms with Crippen molar-refractivity contribution >= 4 is 5.91 Å². The second kappa shape index (κ2) is 12.4. The number of hydrogen-bond donors (Lipinski definition) is 2. The molecule has 1 aromatic heterocycles. The summed E-state index contributed by atoms with van der Waals surface area (Å²) in [4.78, 5) is 11.0. The maximum atomic E-state index is 11.0. The molecule has 0 unspecified atom stereocenters. The van der Waals surface area contributed by atoms with Crippen molar-refractivity contribution < 1.29 is 10.5 Å². The van der Waals surface area contributed by atoms with Gasteiger partial charge in [-0.3, -0.25) is 4.79 Å². The van der Waals surface area contributed by atoms with E-state index in [1.807, 2.05) is 58.0 Å². The van der Waals surface area contributed by atoms with Crippen molar-refractivity contribution in [1.82, 2.24) is 9.78 Å². The van der Waals surface area contributed by atoms with Gasteiger partial charge in [0.05, 0.1) is 17.9 Å². The highest BCUT2D eigenvalue weighted by molar-refractivity contribution is 5.91. The Morgan fingerprint density at radius 1 is 1.13 bits per heavy atom. The van der Waals surface area contributed by atoms with Gasteiger partial charge in [0, 0.05) is 0 Å². The Hall–Kier alpha value is -2.14. The number of rotatable bonds is 2. The van der Waals surface area contributed by atoms with Gasteiger partial charge in [0.2, 0.25) is 0 Å². The van der Waals surface area contributed by atoms with E-state index in [1.165, 1.54) is 23.9 Å². The number of aromatic nitrogens is 2. The predicted molar refractivity (Wildman–Crippen MR) is 95.3 cm³/mol. The molecule has 0 saturated heterocycles. The molecule has 0 radical (unpaired) electrons. The van der Waals surface area contributed by atoms with Crippen LogP contribution in [0.5, 0.6) is 0 Å². The van der Waals surface area contributed by atoms with E-state index in [-0.39, 0.29) is 0 Å². The van der Waals surface area contributed by atoms with Gasteiger partial charge in [-0.25, -0.2) is 4.68 Å². The highest BCUT2D eigenvalue weighted by Gasteiger charge is 2.14. The Kier molecular flexibility index (Phi) is 11.3. The molecule has 1 aliphatic rings. The molecule has 0 bridgehead atoms. The average Bonchev–Trinajstić information content (AvgIpc) is 3.08. The molecule has 1 saturated carbocycles. The molecule has 23 heavy (non-hydrogen) atoms. The number of para-hydroxylation sites is 1. The van der Waals surface area contributed by atoms with E-state index in [0.717, 1.165) is 11.7 Å². The van der Waals surface area contributed by atoms with Crippen LogP contribution in [-0.4, -0.2) is 21.7 Å². The Bertz CT molecular complexity index is 533. The summed E-state index contributed by atoms with van der Waals surface area (Å²) in [6.07, 6.45) is 5.72. The summed E-state index contributed by atoms with van der Waals surface area (Å²) < 4.78 is 1.52. The molecule has 5 heteroatoms. The van der Waals surface area contributed by atoms with E-state index >= 15 is 0 Å². The summed E-state index contributed by atoms with van der Waals surface area (Å²) in [5.74, 6) is -0.480. The normalized spacial score (nSPS) is 12.2. The highest BCUT2D eigenvalue weighted by atomic mass is 16.1. The first-order chi connectivity index (χ1) is 11.2. The number of nitrogens with two attached hydrogens (primary N) is 1. The Morgan fingerprint density at radius 3 is 2.04 bits per heavy atom.